The lowest BCUT2D eigenvalue weighted by atomic mass is 9.49. The fourth-order valence-corrected chi connectivity index (χ4v) is 6.74. The van der Waals surface area contributed by atoms with Crippen molar-refractivity contribution in [2.75, 3.05) is 0 Å². The number of amides is 3. The lowest BCUT2D eigenvalue weighted by Crippen LogP contribution is -2.59. The molecule has 1 heterocycles. The monoisotopic (exact) mass is 436 g/mol. The summed E-state index contributed by atoms with van der Waals surface area (Å²) in [4.78, 5) is 42.0. The molecule has 7 heteroatoms. The number of hydrogen-bond donors (Lipinski definition) is 4. The minimum Gasteiger partial charge on any atom is -0.360 e. The van der Waals surface area contributed by atoms with Crippen molar-refractivity contribution < 1.29 is 14.4 Å². The molecule has 6 rings (SSSR count). The van der Waals surface area contributed by atoms with Gasteiger partial charge in [0.05, 0.1) is 5.56 Å². The average Bonchev–Trinajstić information content (AvgIpc) is 3.18. The van der Waals surface area contributed by atoms with Crippen LogP contribution in [0.1, 0.15) is 62.7 Å². The third kappa shape index (κ3) is 3.67. The van der Waals surface area contributed by atoms with Crippen LogP contribution in [0, 0.1) is 29.1 Å². The van der Waals surface area contributed by atoms with Crippen molar-refractivity contribution in [3.05, 3.63) is 36.0 Å². The SMILES string of the molecule is CC(C)C(NC(=O)C12CC3CC(CC(C3)C1)C2)C(=O)NNC(=O)c1c[nH]c2ccccc12. The van der Waals surface area contributed by atoms with Crippen LogP contribution in [0.2, 0.25) is 0 Å². The van der Waals surface area contributed by atoms with Gasteiger partial charge < -0.3 is 10.3 Å². The van der Waals surface area contributed by atoms with Crippen LogP contribution in [0.25, 0.3) is 10.9 Å². The number of rotatable bonds is 5. The minimum atomic E-state index is -0.696. The highest BCUT2D eigenvalue weighted by atomic mass is 16.2. The van der Waals surface area contributed by atoms with Gasteiger partial charge in [-0.05, 0) is 68.3 Å². The third-order valence-electron chi connectivity index (χ3n) is 7.89. The van der Waals surface area contributed by atoms with Crippen molar-refractivity contribution >= 4 is 28.6 Å². The van der Waals surface area contributed by atoms with Gasteiger partial charge >= 0.3 is 0 Å². The van der Waals surface area contributed by atoms with Crippen LogP contribution in [-0.2, 0) is 9.59 Å². The molecule has 1 atom stereocenters. The number of hydrazine groups is 1. The zero-order chi connectivity index (χ0) is 22.5. The summed E-state index contributed by atoms with van der Waals surface area (Å²) in [6.45, 7) is 3.82. The first-order valence-electron chi connectivity index (χ1n) is 11.8. The fraction of sp³-hybridized carbons (Fsp3) is 0.560. The van der Waals surface area contributed by atoms with Crippen molar-refractivity contribution in [2.45, 2.75) is 58.4 Å². The van der Waals surface area contributed by atoms with E-state index in [0.717, 1.165) is 30.2 Å². The van der Waals surface area contributed by atoms with Gasteiger partial charge in [0.15, 0.2) is 0 Å². The first-order chi connectivity index (χ1) is 15.3. The zero-order valence-corrected chi connectivity index (χ0v) is 18.7. The maximum Gasteiger partial charge on any atom is 0.271 e. The van der Waals surface area contributed by atoms with E-state index in [2.05, 4.69) is 21.2 Å². The van der Waals surface area contributed by atoms with Crippen LogP contribution in [0.5, 0.6) is 0 Å². The largest absolute Gasteiger partial charge is 0.360 e. The number of carbonyl (C=O) groups excluding carboxylic acids is 3. The molecule has 32 heavy (non-hydrogen) atoms. The van der Waals surface area contributed by atoms with Crippen molar-refractivity contribution in [1.29, 1.82) is 0 Å². The highest BCUT2D eigenvalue weighted by Gasteiger charge is 2.55. The second kappa shape index (κ2) is 7.94. The van der Waals surface area contributed by atoms with Crippen LogP contribution in [-0.4, -0.2) is 28.7 Å². The molecule has 170 valence electrons. The van der Waals surface area contributed by atoms with Crippen LogP contribution >= 0.6 is 0 Å². The van der Waals surface area contributed by atoms with Crippen LogP contribution < -0.4 is 16.2 Å². The highest BCUT2D eigenvalue weighted by Crippen LogP contribution is 2.60. The van der Waals surface area contributed by atoms with Crippen molar-refractivity contribution in [2.24, 2.45) is 29.1 Å². The molecule has 1 aromatic heterocycles. The second-order valence-corrected chi connectivity index (χ2v) is 10.6. The molecule has 4 bridgehead atoms. The summed E-state index contributed by atoms with van der Waals surface area (Å²) in [6, 6.07) is 6.80. The number of H-pyrrole nitrogens is 1. The molecule has 7 nitrogen and oxygen atoms in total. The fourth-order valence-electron chi connectivity index (χ4n) is 6.74. The van der Waals surface area contributed by atoms with Gasteiger partial charge in [-0.3, -0.25) is 25.2 Å². The Labute approximate surface area is 188 Å². The van der Waals surface area contributed by atoms with Crippen molar-refractivity contribution in [1.82, 2.24) is 21.2 Å². The summed E-state index contributed by atoms with van der Waals surface area (Å²) in [5.41, 5.74) is 6.04. The molecule has 4 N–H and O–H groups in total. The van der Waals surface area contributed by atoms with Crippen LogP contribution in [0.4, 0.5) is 0 Å². The van der Waals surface area contributed by atoms with E-state index in [4.69, 9.17) is 0 Å². The van der Waals surface area contributed by atoms with E-state index in [9.17, 15) is 14.4 Å². The quantitative estimate of drug-likeness (QED) is 0.541. The molecule has 1 aromatic carbocycles. The molecule has 4 aliphatic carbocycles. The van der Waals surface area contributed by atoms with E-state index in [1.807, 2.05) is 38.1 Å². The number of para-hydroxylation sites is 1. The Bertz CT molecular complexity index is 1020. The predicted molar refractivity (Wildman–Crippen MR) is 121 cm³/mol. The number of aromatic amines is 1. The summed E-state index contributed by atoms with van der Waals surface area (Å²) < 4.78 is 0. The topological polar surface area (TPSA) is 103 Å². The number of carbonyl (C=O) groups is 3. The molecule has 3 amide bonds. The molecular weight excluding hydrogens is 404 g/mol. The van der Waals surface area contributed by atoms with Gasteiger partial charge in [-0.1, -0.05) is 32.0 Å². The Morgan fingerprint density at radius 1 is 0.969 bits per heavy atom. The summed E-state index contributed by atoms with van der Waals surface area (Å²) in [5, 5.41) is 3.84. The lowest BCUT2D eigenvalue weighted by Gasteiger charge is -2.55. The van der Waals surface area contributed by atoms with E-state index < -0.39 is 17.9 Å². The standard InChI is InChI=1S/C25H32N4O3/c1-14(2)21(27-24(32)25-10-15-7-16(11-25)9-17(8-15)12-25)23(31)29-28-22(30)19-13-26-20-6-4-3-5-18(19)20/h3-6,13-17,21,26H,7-12H2,1-2H3,(H,27,32)(H,28,30)(H,29,31). The van der Waals surface area contributed by atoms with Crippen LogP contribution in [0.15, 0.2) is 30.5 Å². The average molecular weight is 437 g/mol. The molecule has 4 saturated carbocycles. The number of nitrogens with one attached hydrogen (secondary N) is 4. The molecule has 0 radical (unpaired) electrons. The smallest absolute Gasteiger partial charge is 0.271 e. The first-order valence-corrected chi connectivity index (χ1v) is 11.8. The summed E-state index contributed by atoms with van der Waals surface area (Å²) in [7, 11) is 0. The maximum absolute atomic E-state index is 13.4. The Morgan fingerprint density at radius 3 is 2.22 bits per heavy atom. The predicted octanol–water partition coefficient (Wildman–Crippen LogP) is 3.29. The maximum atomic E-state index is 13.4. The Morgan fingerprint density at radius 2 is 1.59 bits per heavy atom. The van der Waals surface area contributed by atoms with Gasteiger partial charge in [-0.2, -0.15) is 0 Å². The summed E-state index contributed by atoms with van der Waals surface area (Å²) >= 11 is 0. The third-order valence-corrected chi connectivity index (χ3v) is 7.89. The van der Waals surface area contributed by atoms with Gasteiger partial charge in [0.1, 0.15) is 6.04 Å². The highest BCUT2D eigenvalue weighted by molar-refractivity contribution is 6.07. The minimum absolute atomic E-state index is 0.0217. The van der Waals surface area contributed by atoms with Crippen molar-refractivity contribution in [3.63, 3.8) is 0 Å². The van der Waals surface area contributed by atoms with E-state index in [-0.39, 0.29) is 17.2 Å². The summed E-state index contributed by atoms with van der Waals surface area (Å²) in [6.07, 6.45) is 8.28. The second-order valence-electron chi connectivity index (χ2n) is 10.6. The van der Waals surface area contributed by atoms with E-state index >= 15 is 0 Å². The Balaban J connectivity index is 1.23. The molecule has 0 spiro atoms. The van der Waals surface area contributed by atoms with Gasteiger partial charge in [-0.15, -0.1) is 0 Å². The lowest BCUT2D eigenvalue weighted by molar-refractivity contribution is -0.149. The van der Waals surface area contributed by atoms with Gasteiger partial charge in [0, 0.05) is 22.5 Å². The summed E-state index contributed by atoms with van der Waals surface area (Å²) in [5.74, 6) is 1.11. The Kier molecular flexibility index (Phi) is 5.22. The van der Waals surface area contributed by atoms with Crippen LogP contribution in [0.3, 0.4) is 0 Å². The van der Waals surface area contributed by atoms with E-state index in [0.29, 0.717) is 23.3 Å². The number of fused-ring (bicyclic) bond motifs is 1. The van der Waals surface area contributed by atoms with Gasteiger partial charge in [0.25, 0.3) is 11.8 Å². The number of aromatic nitrogens is 1. The molecular formula is C25H32N4O3. The molecule has 0 saturated heterocycles. The molecule has 0 aliphatic heterocycles. The molecule has 2 aromatic rings. The normalized spacial score (nSPS) is 29.2. The van der Waals surface area contributed by atoms with Gasteiger partial charge in [0.2, 0.25) is 5.91 Å². The molecule has 1 unspecified atom stereocenters. The van der Waals surface area contributed by atoms with E-state index in [1.54, 1.807) is 6.20 Å². The van der Waals surface area contributed by atoms with E-state index in [1.165, 1.54) is 19.3 Å². The number of hydrogen-bond acceptors (Lipinski definition) is 3. The van der Waals surface area contributed by atoms with Gasteiger partial charge in [-0.25, -0.2) is 0 Å². The first kappa shape index (κ1) is 21.0. The Hall–Kier alpha value is -2.83. The number of benzene rings is 1. The molecule has 4 aliphatic rings. The van der Waals surface area contributed by atoms with Crippen molar-refractivity contribution in [3.8, 4) is 0 Å². The molecule has 4 fully saturated rings. The zero-order valence-electron chi connectivity index (χ0n) is 18.7.